The predicted octanol–water partition coefficient (Wildman–Crippen LogP) is 2.63. The third-order valence-corrected chi connectivity index (χ3v) is 2.26. The third-order valence-electron chi connectivity index (χ3n) is 2.26. The van der Waals surface area contributed by atoms with Crippen LogP contribution >= 0.6 is 0 Å². The zero-order valence-electron chi connectivity index (χ0n) is 9.24. The van der Waals surface area contributed by atoms with E-state index in [4.69, 9.17) is 4.52 Å². The lowest BCUT2D eigenvalue weighted by Gasteiger charge is -2.02. The minimum Gasteiger partial charge on any atom is -0.361 e. The molecular weight excluding hydrogens is 223 g/mol. The summed E-state index contributed by atoms with van der Waals surface area (Å²) in [5, 5.41) is 6.03. The van der Waals surface area contributed by atoms with E-state index in [-0.39, 0.29) is 11.4 Å². The summed E-state index contributed by atoms with van der Waals surface area (Å²) in [6.45, 7) is 1.89. The van der Waals surface area contributed by atoms with Gasteiger partial charge < -0.3 is 9.84 Å². The van der Waals surface area contributed by atoms with Crippen molar-refractivity contribution in [3.8, 4) is 0 Å². The zero-order valence-corrected chi connectivity index (χ0v) is 9.24. The van der Waals surface area contributed by atoms with E-state index in [0.717, 1.165) is 0 Å². The highest BCUT2D eigenvalue weighted by Gasteiger charge is 2.13. The van der Waals surface area contributed by atoms with Gasteiger partial charge in [-0.05, 0) is 12.1 Å². The largest absolute Gasteiger partial charge is 0.361 e. The lowest BCUT2D eigenvalue weighted by Crippen LogP contribution is -2.13. The summed E-state index contributed by atoms with van der Waals surface area (Å²) in [4.78, 5) is 11.7. The van der Waals surface area contributed by atoms with E-state index in [2.05, 4.69) is 10.5 Å². The van der Waals surface area contributed by atoms with Crippen LogP contribution < -0.4 is 5.32 Å². The fraction of sp³-hybridized carbons (Fsp3) is 0.167. The van der Waals surface area contributed by atoms with Gasteiger partial charge in [0.05, 0.1) is 5.69 Å². The van der Waals surface area contributed by atoms with Crippen LogP contribution in [0.4, 0.5) is 10.1 Å². The number of benzene rings is 1. The summed E-state index contributed by atoms with van der Waals surface area (Å²) in [6.07, 6.45) is 0.653. The van der Waals surface area contributed by atoms with Crippen LogP contribution in [0.25, 0.3) is 0 Å². The van der Waals surface area contributed by atoms with Gasteiger partial charge in [0.2, 0.25) is 0 Å². The molecule has 0 atom stereocenters. The second-order valence-electron chi connectivity index (χ2n) is 3.47. The third kappa shape index (κ3) is 2.50. The average Bonchev–Trinajstić information content (AvgIpc) is 2.81. The fourth-order valence-electron chi connectivity index (χ4n) is 1.34. The smallest absolute Gasteiger partial charge is 0.277 e. The Morgan fingerprint density at radius 1 is 1.47 bits per heavy atom. The van der Waals surface area contributed by atoms with Crippen molar-refractivity contribution in [2.45, 2.75) is 13.3 Å². The van der Waals surface area contributed by atoms with Crippen LogP contribution in [-0.4, -0.2) is 11.1 Å². The molecule has 1 amide bonds. The summed E-state index contributed by atoms with van der Waals surface area (Å²) in [6, 6.07) is 7.48. The zero-order chi connectivity index (χ0) is 12.3. The number of nitrogens with zero attached hydrogens (tertiary/aromatic N) is 1. The van der Waals surface area contributed by atoms with Crippen LogP contribution in [0.15, 0.2) is 34.9 Å². The predicted molar refractivity (Wildman–Crippen MR) is 60.2 cm³/mol. The molecular formula is C12H11FN2O2. The summed E-state index contributed by atoms with van der Waals surface area (Å²) in [5.74, 6) is -0.359. The van der Waals surface area contributed by atoms with E-state index >= 15 is 0 Å². The van der Waals surface area contributed by atoms with Crippen molar-refractivity contribution in [1.29, 1.82) is 0 Å². The lowest BCUT2D eigenvalue weighted by molar-refractivity contribution is 0.101. The maximum Gasteiger partial charge on any atom is 0.277 e. The van der Waals surface area contributed by atoms with Gasteiger partial charge in [-0.25, -0.2) is 4.39 Å². The van der Waals surface area contributed by atoms with Crippen molar-refractivity contribution in [3.63, 3.8) is 0 Å². The molecule has 0 saturated carbocycles. The first-order valence-electron chi connectivity index (χ1n) is 5.22. The standard InChI is InChI=1S/C12H11FN2O2/c1-2-8-7-11(15-17-8)12(16)14-10-6-4-3-5-9(10)13/h3-7H,2H2,1H3,(H,14,16). The average molecular weight is 234 g/mol. The molecule has 0 spiro atoms. The maximum absolute atomic E-state index is 13.3. The molecule has 0 saturated heterocycles. The highest BCUT2D eigenvalue weighted by Crippen LogP contribution is 2.14. The molecule has 0 aliphatic carbocycles. The molecule has 0 bridgehead atoms. The summed E-state index contributed by atoms with van der Waals surface area (Å²) < 4.78 is 18.2. The van der Waals surface area contributed by atoms with Gasteiger partial charge in [0.15, 0.2) is 5.69 Å². The number of amides is 1. The number of hydrogen-bond acceptors (Lipinski definition) is 3. The molecule has 1 aromatic heterocycles. The first-order valence-corrected chi connectivity index (χ1v) is 5.22. The Morgan fingerprint density at radius 3 is 2.88 bits per heavy atom. The Bertz CT molecular complexity index is 537. The molecule has 17 heavy (non-hydrogen) atoms. The Morgan fingerprint density at radius 2 is 2.24 bits per heavy atom. The molecule has 1 aromatic carbocycles. The van der Waals surface area contributed by atoms with Crippen molar-refractivity contribution in [1.82, 2.24) is 5.16 Å². The number of para-hydroxylation sites is 1. The molecule has 0 fully saturated rings. The van der Waals surface area contributed by atoms with Gasteiger partial charge >= 0.3 is 0 Å². The lowest BCUT2D eigenvalue weighted by atomic mass is 10.2. The number of aryl methyl sites for hydroxylation is 1. The van der Waals surface area contributed by atoms with Gasteiger partial charge in [-0.3, -0.25) is 4.79 Å². The van der Waals surface area contributed by atoms with Gasteiger partial charge in [-0.15, -0.1) is 0 Å². The molecule has 88 valence electrons. The van der Waals surface area contributed by atoms with E-state index in [9.17, 15) is 9.18 Å². The molecule has 0 unspecified atom stereocenters. The Balaban J connectivity index is 2.14. The number of carbonyl (C=O) groups excluding carboxylic acids is 1. The van der Waals surface area contributed by atoms with Gasteiger partial charge in [-0.1, -0.05) is 24.2 Å². The molecule has 1 heterocycles. The van der Waals surface area contributed by atoms with Gasteiger partial charge in [0.25, 0.3) is 5.91 Å². The van der Waals surface area contributed by atoms with Crippen molar-refractivity contribution >= 4 is 11.6 Å². The molecule has 2 aromatic rings. The first kappa shape index (κ1) is 11.3. The van der Waals surface area contributed by atoms with Crippen LogP contribution in [0, 0.1) is 5.82 Å². The van der Waals surface area contributed by atoms with E-state index in [1.54, 1.807) is 12.1 Å². The number of aromatic nitrogens is 1. The second kappa shape index (κ2) is 4.78. The van der Waals surface area contributed by atoms with Gasteiger partial charge in [0.1, 0.15) is 11.6 Å². The highest BCUT2D eigenvalue weighted by atomic mass is 19.1. The number of carbonyl (C=O) groups is 1. The summed E-state index contributed by atoms with van der Waals surface area (Å²) in [5.41, 5.74) is 0.267. The molecule has 0 aliphatic heterocycles. The maximum atomic E-state index is 13.3. The summed E-state index contributed by atoms with van der Waals surface area (Å²) >= 11 is 0. The number of nitrogens with one attached hydrogen (secondary N) is 1. The molecule has 0 aliphatic rings. The Kier molecular flexibility index (Phi) is 3.18. The van der Waals surface area contributed by atoms with Crippen molar-refractivity contribution in [2.75, 3.05) is 5.32 Å². The molecule has 5 heteroatoms. The normalized spacial score (nSPS) is 10.2. The topological polar surface area (TPSA) is 55.1 Å². The number of halogens is 1. The fourth-order valence-corrected chi connectivity index (χ4v) is 1.34. The number of rotatable bonds is 3. The van der Waals surface area contributed by atoms with E-state index in [1.807, 2.05) is 6.92 Å². The van der Waals surface area contributed by atoms with Crippen molar-refractivity contribution in [3.05, 3.63) is 47.6 Å². The van der Waals surface area contributed by atoms with E-state index < -0.39 is 11.7 Å². The minimum absolute atomic E-state index is 0.124. The van der Waals surface area contributed by atoms with Crippen LogP contribution in [0.1, 0.15) is 23.2 Å². The second-order valence-corrected chi connectivity index (χ2v) is 3.47. The summed E-state index contributed by atoms with van der Waals surface area (Å²) in [7, 11) is 0. The minimum atomic E-state index is -0.487. The van der Waals surface area contributed by atoms with Crippen LogP contribution in [-0.2, 0) is 6.42 Å². The molecule has 0 radical (unpaired) electrons. The van der Waals surface area contributed by atoms with Crippen molar-refractivity contribution in [2.24, 2.45) is 0 Å². The van der Waals surface area contributed by atoms with Crippen LogP contribution in [0.2, 0.25) is 0 Å². The Labute approximate surface area is 97.4 Å². The van der Waals surface area contributed by atoms with Crippen LogP contribution in [0.5, 0.6) is 0 Å². The quantitative estimate of drug-likeness (QED) is 0.888. The first-order chi connectivity index (χ1) is 8.20. The van der Waals surface area contributed by atoms with Crippen LogP contribution in [0.3, 0.4) is 0 Å². The number of hydrogen-bond donors (Lipinski definition) is 1. The monoisotopic (exact) mass is 234 g/mol. The SMILES string of the molecule is CCc1cc(C(=O)Nc2ccccc2F)no1. The molecule has 1 N–H and O–H groups in total. The molecule has 4 nitrogen and oxygen atoms in total. The number of anilines is 1. The molecule has 2 rings (SSSR count). The van der Waals surface area contributed by atoms with E-state index in [0.29, 0.717) is 12.2 Å². The highest BCUT2D eigenvalue weighted by molar-refractivity contribution is 6.02. The van der Waals surface area contributed by atoms with Crippen molar-refractivity contribution < 1.29 is 13.7 Å². The van der Waals surface area contributed by atoms with Gasteiger partial charge in [0, 0.05) is 12.5 Å². The van der Waals surface area contributed by atoms with Gasteiger partial charge in [-0.2, -0.15) is 0 Å². The Hall–Kier alpha value is -2.17. The van der Waals surface area contributed by atoms with E-state index in [1.165, 1.54) is 18.2 Å².